The number of rotatable bonds is 5. The van der Waals surface area contributed by atoms with Crippen LogP contribution in [0.1, 0.15) is 54.4 Å². The summed E-state index contributed by atoms with van der Waals surface area (Å²) in [5.74, 6) is 0.786. The third-order valence-electron chi connectivity index (χ3n) is 5.44. The minimum absolute atomic E-state index is 0.351. The zero-order valence-electron chi connectivity index (χ0n) is 14.6. The Morgan fingerprint density at radius 1 is 1.00 bits per heavy atom. The largest absolute Gasteiger partial charge is 0.0705 e. The fourth-order valence-corrected chi connectivity index (χ4v) is 6.21. The Morgan fingerprint density at radius 3 is 2.19 bits per heavy atom. The standard InChI is InChI=1S/C20H30Si/c1-14(2)12-13-19-16(4)15(3)17(5)20(19,6)21-18-10-8-7-9-11-18/h7-11,14H,12-13,21H2,1-6H3. The molecule has 0 nitrogen and oxygen atoms in total. The van der Waals surface area contributed by atoms with Gasteiger partial charge in [-0.2, -0.15) is 0 Å². The molecular weight excluding hydrogens is 268 g/mol. The van der Waals surface area contributed by atoms with Gasteiger partial charge < -0.3 is 0 Å². The van der Waals surface area contributed by atoms with Crippen LogP contribution in [0.25, 0.3) is 0 Å². The second-order valence-electron chi connectivity index (χ2n) is 7.28. The van der Waals surface area contributed by atoms with Crippen molar-refractivity contribution in [3.63, 3.8) is 0 Å². The molecule has 0 aliphatic heterocycles. The van der Waals surface area contributed by atoms with E-state index < -0.39 is 0 Å². The summed E-state index contributed by atoms with van der Waals surface area (Å²) in [5, 5.41) is 1.94. The van der Waals surface area contributed by atoms with Crippen molar-refractivity contribution in [2.75, 3.05) is 0 Å². The number of hydrogen-bond acceptors (Lipinski definition) is 0. The van der Waals surface area contributed by atoms with E-state index in [0.717, 1.165) is 5.92 Å². The molecule has 0 saturated carbocycles. The number of benzene rings is 1. The molecule has 0 N–H and O–H groups in total. The third-order valence-corrected chi connectivity index (χ3v) is 7.99. The molecule has 0 saturated heterocycles. The molecule has 0 amide bonds. The predicted octanol–water partition coefficient (Wildman–Crippen LogP) is 4.76. The molecule has 0 radical (unpaired) electrons. The fourth-order valence-electron chi connectivity index (χ4n) is 3.70. The van der Waals surface area contributed by atoms with Crippen molar-refractivity contribution in [2.45, 2.75) is 59.4 Å². The molecule has 1 aromatic rings. The summed E-state index contributed by atoms with van der Waals surface area (Å²) in [5.41, 5.74) is 6.51. The average molecular weight is 299 g/mol. The van der Waals surface area contributed by atoms with Crippen molar-refractivity contribution in [1.82, 2.24) is 0 Å². The van der Waals surface area contributed by atoms with E-state index in [1.165, 1.54) is 12.8 Å². The van der Waals surface area contributed by atoms with Crippen molar-refractivity contribution in [1.29, 1.82) is 0 Å². The Morgan fingerprint density at radius 2 is 1.62 bits per heavy atom. The van der Waals surface area contributed by atoms with Crippen LogP contribution >= 0.6 is 0 Å². The fraction of sp³-hybridized carbons (Fsp3) is 0.500. The highest BCUT2D eigenvalue weighted by Crippen LogP contribution is 2.53. The molecule has 0 heterocycles. The van der Waals surface area contributed by atoms with Crippen LogP contribution in [0.3, 0.4) is 0 Å². The highest BCUT2D eigenvalue weighted by Gasteiger charge is 2.38. The number of hydrogen-bond donors (Lipinski definition) is 0. The molecule has 114 valence electrons. The lowest BCUT2D eigenvalue weighted by molar-refractivity contribution is 0.568. The molecule has 1 unspecified atom stereocenters. The SMILES string of the molecule is CC1=C(C)C(C)([SiH2]c2ccccc2)C(CCC(C)C)=C1C. The molecule has 2 rings (SSSR count). The zero-order valence-corrected chi connectivity index (χ0v) is 16.0. The summed E-state index contributed by atoms with van der Waals surface area (Å²) in [6, 6.07) is 11.2. The molecule has 0 aromatic heterocycles. The minimum Gasteiger partial charge on any atom is -0.0656 e. The van der Waals surface area contributed by atoms with Crippen LogP contribution < -0.4 is 5.19 Å². The van der Waals surface area contributed by atoms with Gasteiger partial charge in [0.15, 0.2) is 0 Å². The molecular formula is C20H30Si. The van der Waals surface area contributed by atoms with Crippen LogP contribution in [0.5, 0.6) is 0 Å². The highest BCUT2D eigenvalue weighted by atomic mass is 28.2. The Bertz CT molecular complexity index is 563. The maximum atomic E-state index is 2.51. The Kier molecular flexibility index (Phi) is 4.93. The van der Waals surface area contributed by atoms with Gasteiger partial charge in [0.2, 0.25) is 0 Å². The van der Waals surface area contributed by atoms with E-state index in [4.69, 9.17) is 0 Å². The lowest BCUT2D eigenvalue weighted by Crippen LogP contribution is -2.29. The molecule has 0 fully saturated rings. The van der Waals surface area contributed by atoms with E-state index in [-0.39, 0.29) is 9.52 Å². The van der Waals surface area contributed by atoms with Crippen molar-refractivity contribution >= 4 is 14.7 Å². The normalized spacial score (nSPS) is 23.2. The van der Waals surface area contributed by atoms with Crippen LogP contribution in [-0.4, -0.2) is 9.52 Å². The highest BCUT2D eigenvalue weighted by molar-refractivity contribution is 6.58. The second-order valence-corrected chi connectivity index (χ2v) is 9.86. The monoisotopic (exact) mass is 298 g/mol. The summed E-state index contributed by atoms with van der Waals surface area (Å²) in [6.45, 7) is 14.2. The molecule has 0 spiro atoms. The summed E-state index contributed by atoms with van der Waals surface area (Å²) in [4.78, 5) is 0. The smallest absolute Gasteiger partial charge is 0.0656 e. The van der Waals surface area contributed by atoms with E-state index >= 15 is 0 Å². The van der Waals surface area contributed by atoms with Crippen LogP contribution in [0.15, 0.2) is 52.6 Å². The first kappa shape index (κ1) is 16.3. The zero-order chi connectivity index (χ0) is 15.6. The quantitative estimate of drug-likeness (QED) is 0.687. The van der Waals surface area contributed by atoms with Gasteiger partial charge in [0, 0.05) is 5.04 Å². The molecule has 1 aliphatic rings. The first-order chi connectivity index (χ1) is 9.86. The van der Waals surface area contributed by atoms with Crippen molar-refractivity contribution in [2.24, 2.45) is 5.92 Å². The number of allylic oxidation sites excluding steroid dienone is 4. The Balaban J connectivity index is 2.33. The van der Waals surface area contributed by atoms with Crippen LogP contribution in [-0.2, 0) is 0 Å². The molecule has 21 heavy (non-hydrogen) atoms. The average Bonchev–Trinajstić information content (AvgIpc) is 2.60. The van der Waals surface area contributed by atoms with Crippen molar-refractivity contribution < 1.29 is 0 Å². The molecule has 1 heteroatoms. The molecule has 1 atom stereocenters. The Hall–Kier alpha value is -1.08. The predicted molar refractivity (Wildman–Crippen MR) is 98.1 cm³/mol. The topological polar surface area (TPSA) is 0 Å². The van der Waals surface area contributed by atoms with Gasteiger partial charge in [-0.1, -0.05) is 67.4 Å². The summed E-state index contributed by atoms with van der Waals surface area (Å²) < 4.78 is 0. The third kappa shape index (κ3) is 3.23. The van der Waals surface area contributed by atoms with Gasteiger partial charge in [-0.3, -0.25) is 0 Å². The van der Waals surface area contributed by atoms with Crippen LogP contribution in [0, 0.1) is 5.92 Å². The first-order valence-corrected chi connectivity index (χ1v) is 9.70. The lowest BCUT2D eigenvalue weighted by Gasteiger charge is -2.31. The van der Waals surface area contributed by atoms with Crippen LogP contribution in [0.4, 0.5) is 0 Å². The van der Waals surface area contributed by atoms with E-state index in [1.807, 2.05) is 0 Å². The second kappa shape index (κ2) is 6.35. The molecule has 1 aromatic carbocycles. The minimum atomic E-state index is -0.351. The summed E-state index contributed by atoms with van der Waals surface area (Å²) >= 11 is 0. The van der Waals surface area contributed by atoms with E-state index in [0.29, 0.717) is 5.04 Å². The van der Waals surface area contributed by atoms with Crippen molar-refractivity contribution in [3.05, 3.63) is 52.6 Å². The van der Waals surface area contributed by atoms with Gasteiger partial charge in [-0.25, -0.2) is 0 Å². The Labute approximate surface area is 133 Å². The van der Waals surface area contributed by atoms with Crippen LogP contribution in [0.2, 0.25) is 5.04 Å². The first-order valence-electron chi connectivity index (χ1n) is 8.28. The van der Waals surface area contributed by atoms with Gasteiger partial charge in [0.05, 0.1) is 9.52 Å². The van der Waals surface area contributed by atoms with E-state index in [1.54, 1.807) is 27.5 Å². The maximum Gasteiger partial charge on any atom is 0.0705 e. The maximum absolute atomic E-state index is 2.51. The summed E-state index contributed by atoms with van der Waals surface area (Å²) in [7, 11) is -0.351. The van der Waals surface area contributed by atoms with E-state index in [2.05, 4.69) is 71.9 Å². The lowest BCUT2D eigenvalue weighted by atomic mass is 9.90. The van der Waals surface area contributed by atoms with Gasteiger partial charge in [-0.15, -0.1) is 0 Å². The van der Waals surface area contributed by atoms with Gasteiger partial charge >= 0.3 is 0 Å². The summed E-state index contributed by atoms with van der Waals surface area (Å²) in [6.07, 6.45) is 2.58. The van der Waals surface area contributed by atoms with Gasteiger partial charge in [0.25, 0.3) is 0 Å². The van der Waals surface area contributed by atoms with Gasteiger partial charge in [0.1, 0.15) is 0 Å². The van der Waals surface area contributed by atoms with Crippen molar-refractivity contribution in [3.8, 4) is 0 Å². The van der Waals surface area contributed by atoms with E-state index in [9.17, 15) is 0 Å². The molecule has 0 bridgehead atoms. The molecule has 1 aliphatic carbocycles. The van der Waals surface area contributed by atoms with Gasteiger partial charge in [-0.05, 0) is 50.7 Å².